The van der Waals surface area contributed by atoms with E-state index in [0.29, 0.717) is 19.4 Å². The fourth-order valence-electron chi connectivity index (χ4n) is 12.9. The van der Waals surface area contributed by atoms with Crippen molar-refractivity contribution in [1.82, 2.24) is 5.32 Å². The lowest BCUT2D eigenvalue weighted by Gasteiger charge is -2.20. The predicted molar refractivity (Wildman–Crippen MR) is 407 cm³/mol. The van der Waals surface area contributed by atoms with Crippen molar-refractivity contribution in [3.63, 3.8) is 0 Å². The van der Waals surface area contributed by atoms with Gasteiger partial charge >= 0.3 is 5.97 Å². The first-order valence-electron chi connectivity index (χ1n) is 41.6. The number of carbonyl (C=O) groups excluding carboxylic acids is 2. The second kappa shape index (κ2) is 81.0. The monoisotopic (exact) mass is 1290 g/mol. The van der Waals surface area contributed by atoms with Gasteiger partial charge in [-0.2, -0.15) is 0 Å². The zero-order valence-electron chi connectivity index (χ0n) is 62.0. The molecule has 0 fully saturated rings. The molecule has 1 amide bonds. The minimum Gasteiger partial charge on any atom is -0.466 e. The SMILES string of the molecule is CCCCC/C=C\C/C=C\CCCCCCCCCCCC(=O)OCCCCCCCCCCC/C=C\C/C=C\CCCCCCCCCCCCCCCCCCCC(=O)NC(CO)C(O)/C=C/CCCCCCCCCCCCCCCCCCCCCCC. The number of aliphatic hydroxyl groups is 2. The van der Waals surface area contributed by atoms with Crippen molar-refractivity contribution in [2.45, 2.75) is 463 Å². The van der Waals surface area contributed by atoms with E-state index in [4.69, 9.17) is 4.74 Å². The Balaban J connectivity index is 3.40. The zero-order valence-corrected chi connectivity index (χ0v) is 62.0. The van der Waals surface area contributed by atoms with Gasteiger partial charge < -0.3 is 20.3 Å². The fourth-order valence-corrected chi connectivity index (χ4v) is 12.9. The first-order chi connectivity index (χ1) is 45.5. The summed E-state index contributed by atoms with van der Waals surface area (Å²) in [7, 11) is 0. The van der Waals surface area contributed by atoms with E-state index in [9.17, 15) is 19.8 Å². The van der Waals surface area contributed by atoms with Crippen LogP contribution in [0, 0.1) is 0 Å². The van der Waals surface area contributed by atoms with E-state index in [-0.39, 0.29) is 18.5 Å². The highest BCUT2D eigenvalue weighted by atomic mass is 16.5. The molecular formula is C86H161NO5. The van der Waals surface area contributed by atoms with Crippen molar-refractivity contribution in [2.75, 3.05) is 13.2 Å². The molecule has 0 aromatic heterocycles. The molecule has 0 aliphatic carbocycles. The molecule has 0 saturated heterocycles. The summed E-state index contributed by atoms with van der Waals surface area (Å²) < 4.78 is 5.51. The zero-order chi connectivity index (χ0) is 66.3. The Hall–Kier alpha value is -2.44. The van der Waals surface area contributed by atoms with Crippen molar-refractivity contribution in [2.24, 2.45) is 0 Å². The third-order valence-electron chi connectivity index (χ3n) is 19.3. The van der Waals surface area contributed by atoms with Crippen LogP contribution in [0.2, 0.25) is 0 Å². The summed E-state index contributed by atoms with van der Waals surface area (Å²) in [5, 5.41) is 23.3. The quantitative estimate of drug-likeness (QED) is 0.0320. The molecule has 0 aromatic rings. The Labute approximate surface area is 575 Å². The van der Waals surface area contributed by atoms with Crippen LogP contribution in [0.15, 0.2) is 60.8 Å². The number of carbonyl (C=O) groups is 2. The van der Waals surface area contributed by atoms with Gasteiger partial charge in [0.2, 0.25) is 5.91 Å². The second-order valence-corrected chi connectivity index (χ2v) is 28.4. The lowest BCUT2D eigenvalue weighted by atomic mass is 10.0. The Kier molecular flexibility index (Phi) is 78.8. The van der Waals surface area contributed by atoms with E-state index in [1.54, 1.807) is 6.08 Å². The highest BCUT2D eigenvalue weighted by Gasteiger charge is 2.18. The van der Waals surface area contributed by atoms with Gasteiger partial charge in [-0.3, -0.25) is 9.59 Å². The molecule has 0 aliphatic heterocycles. The fraction of sp³-hybridized carbons (Fsp3) is 0.860. The van der Waals surface area contributed by atoms with Crippen molar-refractivity contribution >= 4 is 11.9 Å². The molecule has 2 atom stereocenters. The van der Waals surface area contributed by atoms with E-state index in [1.165, 1.54) is 366 Å². The molecule has 540 valence electrons. The van der Waals surface area contributed by atoms with Crippen LogP contribution in [0.1, 0.15) is 450 Å². The molecular weight excluding hydrogens is 1130 g/mol. The van der Waals surface area contributed by atoms with Gasteiger partial charge in [0, 0.05) is 12.8 Å². The van der Waals surface area contributed by atoms with E-state index in [2.05, 4.69) is 67.8 Å². The molecule has 0 radical (unpaired) electrons. The lowest BCUT2D eigenvalue weighted by Crippen LogP contribution is -2.45. The van der Waals surface area contributed by atoms with Gasteiger partial charge in [0.1, 0.15) is 0 Å². The highest BCUT2D eigenvalue weighted by Crippen LogP contribution is 2.20. The molecule has 6 nitrogen and oxygen atoms in total. The summed E-state index contributed by atoms with van der Waals surface area (Å²) >= 11 is 0. The lowest BCUT2D eigenvalue weighted by molar-refractivity contribution is -0.143. The van der Waals surface area contributed by atoms with Gasteiger partial charge in [0.15, 0.2) is 0 Å². The van der Waals surface area contributed by atoms with Crippen molar-refractivity contribution < 1.29 is 24.5 Å². The molecule has 0 aliphatic rings. The number of hydrogen-bond donors (Lipinski definition) is 3. The number of allylic oxidation sites excluding steroid dienone is 9. The Morgan fingerprint density at radius 3 is 0.848 bits per heavy atom. The summed E-state index contributed by atoms with van der Waals surface area (Å²) in [6.45, 7) is 4.92. The standard InChI is InChI=1S/C86H161NO5/c1-3-5-7-9-11-13-15-17-19-21-23-24-36-39-43-46-50-54-58-62-66-70-74-78-84(89)83(82-88)87-85(90)79-75-71-67-63-59-55-51-47-44-40-37-34-32-30-28-26-25-27-29-31-33-35-38-41-45-49-53-57-61-65-69-73-77-81-92-86(91)80-76-72-68-64-60-56-52-48-42-22-20-18-16-14-12-10-8-6-4-2/h12,14,18,20,29,31,35,38,74,78,83-84,88-89H,3-11,13,15-17,19,21-28,30,32-34,36-37,39-73,75-77,79-82H2,1-2H3,(H,87,90)/b14-12-,20-18-,31-29-,38-35-,78-74+. The predicted octanol–water partition coefficient (Wildman–Crippen LogP) is 27.7. The van der Waals surface area contributed by atoms with E-state index >= 15 is 0 Å². The topological polar surface area (TPSA) is 95.9 Å². The molecule has 0 saturated carbocycles. The minimum absolute atomic E-state index is 0.0106. The maximum absolute atomic E-state index is 12.6. The van der Waals surface area contributed by atoms with Crippen LogP contribution < -0.4 is 5.32 Å². The van der Waals surface area contributed by atoms with E-state index < -0.39 is 12.1 Å². The van der Waals surface area contributed by atoms with Gasteiger partial charge in [-0.15, -0.1) is 0 Å². The molecule has 0 rings (SSSR count). The Morgan fingerprint density at radius 1 is 0.304 bits per heavy atom. The third-order valence-corrected chi connectivity index (χ3v) is 19.3. The van der Waals surface area contributed by atoms with Gasteiger partial charge in [-0.25, -0.2) is 0 Å². The van der Waals surface area contributed by atoms with Crippen molar-refractivity contribution in [3.8, 4) is 0 Å². The van der Waals surface area contributed by atoms with Crippen LogP contribution in [0.25, 0.3) is 0 Å². The van der Waals surface area contributed by atoms with Crippen LogP contribution in [-0.4, -0.2) is 47.4 Å². The van der Waals surface area contributed by atoms with Gasteiger partial charge in [-0.05, 0) is 96.3 Å². The number of ether oxygens (including phenoxy) is 1. The highest BCUT2D eigenvalue weighted by molar-refractivity contribution is 5.76. The first kappa shape index (κ1) is 89.6. The number of hydrogen-bond acceptors (Lipinski definition) is 5. The number of esters is 1. The number of unbranched alkanes of at least 4 members (excludes halogenated alkanes) is 59. The molecule has 0 aromatic carbocycles. The average molecular weight is 1290 g/mol. The smallest absolute Gasteiger partial charge is 0.305 e. The summed E-state index contributed by atoms with van der Waals surface area (Å²) in [5.74, 6) is -0.0512. The molecule has 0 heterocycles. The molecule has 92 heavy (non-hydrogen) atoms. The molecule has 2 unspecified atom stereocenters. The number of amides is 1. The Morgan fingerprint density at radius 2 is 0.543 bits per heavy atom. The van der Waals surface area contributed by atoms with Crippen molar-refractivity contribution in [1.29, 1.82) is 0 Å². The van der Waals surface area contributed by atoms with Crippen molar-refractivity contribution in [3.05, 3.63) is 60.8 Å². The molecule has 6 heteroatoms. The van der Waals surface area contributed by atoms with Gasteiger partial charge in [-0.1, -0.05) is 402 Å². The maximum atomic E-state index is 12.6. The third kappa shape index (κ3) is 76.6. The number of rotatable bonds is 78. The normalized spacial score (nSPS) is 12.8. The Bertz CT molecular complexity index is 1580. The minimum atomic E-state index is -0.846. The average Bonchev–Trinajstić information content (AvgIpc) is 3.60. The van der Waals surface area contributed by atoms with Crippen LogP contribution in [0.3, 0.4) is 0 Å². The maximum Gasteiger partial charge on any atom is 0.305 e. The van der Waals surface area contributed by atoms with Gasteiger partial charge in [0.05, 0.1) is 25.4 Å². The summed E-state index contributed by atoms with van der Waals surface area (Å²) in [5.41, 5.74) is 0. The van der Waals surface area contributed by atoms with Crippen LogP contribution in [0.4, 0.5) is 0 Å². The summed E-state index contributed by atoms with van der Waals surface area (Å²) in [4.78, 5) is 24.7. The van der Waals surface area contributed by atoms with E-state index in [1.807, 2.05) is 6.08 Å². The summed E-state index contributed by atoms with van der Waals surface area (Å²) in [6.07, 6.45) is 109. The molecule has 3 N–H and O–H groups in total. The van der Waals surface area contributed by atoms with Crippen LogP contribution in [0.5, 0.6) is 0 Å². The largest absolute Gasteiger partial charge is 0.466 e. The van der Waals surface area contributed by atoms with Gasteiger partial charge in [0.25, 0.3) is 0 Å². The molecule has 0 bridgehead atoms. The number of nitrogens with one attached hydrogen (secondary N) is 1. The van der Waals surface area contributed by atoms with Crippen LogP contribution >= 0.6 is 0 Å². The van der Waals surface area contributed by atoms with E-state index in [0.717, 1.165) is 57.8 Å². The molecule has 0 spiro atoms. The summed E-state index contributed by atoms with van der Waals surface area (Å²) in [6, 6.07) is -0.629. The van der Waals surface area contributed by atoms with Crippen LogP contribution in [-0.2, 0) is 14.3 Å². The number of aliphatic hydroxyl groups excluding tert-OH is 2. The second-order valence-electron chi connectivity index (χ2n) is 28.4. The first-order valence-corrected chi connectivity index (χ1v) is 41.6.